The highest BCUT2D eigenvalue weighted by molar-refractivity contribution is 5.84. The Morgan fingerprint density at radius 1 is 1.15 bits per heavy atom. The van der Waals surface area contributed by atoms with Crippen molar-refractivity contribution in [3.63, 3.8) is 0 Å². The molecule has 0 heterocycles. The van der Waals surface area contributed by atoms with Crippen molar-refractivity contribution in [2.45, 2.75) is 18.9 Å². The van der Waals surface area contributed by atoms with Gasteiger partial charge in [0.15, 0.2) is 0 Å². The van der Waals surface area contributed by atoms with E-state index in [2.05, 4.69) is 16.0 Å². The molecule has 0 spiro atoms. The fraction of sp³-hybridized carbons (Fsp3) is 0.429. The molecular formula is C14H19N3O3. The first kappa shape index (κ1) is 14.2. The zero-order valence-corrected chi connectivity index (χ0v) is 11.2. The van der Waals surface area contributed by atoms with Crippen LogP contribution in [0.25, 0.3) is 0 Å². The number of carbonyl (C=O) groups is 2. The van der Waals surface area contributed by atoms with Gasteiger partial charge >= 0.3 is 6.03 Å². The fourth-order valence-electron chi connectivity index (χ4n) is 1.58. The third-order valence-corrected chi connectivity index (χ3v) is 2.75. The molecule has 108 valence electrons. The molecule has 6 nitrogen and oxygen atoms in total. The van der Waals surface area contributed by atoms with Gasteiger partial charge in [-0.1, -0.05) is 18.2 Å². The molecule has 2 rings (SSSR count). The maximum absolute atomic E-state index is 11.4. The number of amides is 3. The molecular weight excluding hydrogens is 258 g/mol. The lowest BCUT2D eigenvalue weighted by Crippen LogP contribution is -2.43. The van der Waals surface area contributed by atoms with Crippen molar-refractivity contribution >= 4 is 11.9 Å². The van der Waals surface area contributed by atoms with Gasteiger partial charge in [0.1, 0.15) is 12.4 Å². The van der Waals surface area contributed by atoms with E-state index in [4.69, 9.17) is 4.74 Å². The van der Waals surface area contributed by atoms with Gasteiger partial charge < -0.3 is 20.7 Å². The number of carbonyl (C=O) groups excluding carboxylic acids is 2. The molecule has 0 unspecified atom stereocenters. The molecule has 20 heavy (non-hydrogen) atoms. The normalized spacial score (nSPS) is 13.4. The summed E-state index contributed by atoms with van der Waals surface area (Å²) in [6.45, 7) is 0.762. The highest BCUT2D eigenvalue weighted by Crippen LogP contribution is 2.18. The second kappa shape index (κ2) is 7.37. The second-order valence-corrected chi connectivity index (χ2v) is 4.61. The number of benzene rings is 1. The third-order valence-electron chi connectivity index (χ3n) is 2.75. The maximum atomic E-state index is 11.4. The van der Waals surface area contributed by atoms with Crippen LogP contribution in [-0.2, 0) is 4.79 Å². The summed E-state index contributed by atoms with van der Waals surface area (Å²) in [7, 11) is 0. The summed E-state index contributed by atoms with van der Waals surface area (Å²) < 4.78 is 5.42. The van der Waals surface area contributed by atoms with Gasteiger partial charge in [-0.15, -0.1) is 0 Å². The summed E-state index contributed by atoms with van der Waals surface area (Å²) in [5, 5.41) is 7.91. The van der Waals surface area contributed by atoms with Gasteiger partial charge in [0.2, 0.25) is 5.91 Å². The number of hydrogen-bond acceptors (Lipinski definition) is 3. The van der Waals surface area contributed by atoms with Crippen LogP contribution in [-0.4, -0.2) is 37.7 Å². The Morgan fingerprint density at radius 2 is 1.90 bits per heavy atom. The van der Waals surface area contributed by atoms with Crippen molar-refractivity contribution < 1.29 is 14.3 Å². The summed E-state index contributed by atoms with van der Waals surface area (Å²) >= 11 is 0. The molecule has 0 atom stereocenters. The number of ether oxygens (including phenoxy) is 1. The first-order valence-corrected chi connectivity index (χ1v) is 6.73. The number of para-hydroxylation sites is 1. The minimum Gasteiger partial charge on any atom is -0.492 e. The average molecular weight is 277 g/mol. The fourth-order valence-corrected chi connectivity index (χ4v) is 1.58. The average Bonchev–Trinajstić information content (AvgIpc) is 3.26. The van der Waals surface area contributed by atoms with E-state index in [1.807, 2.05) is 30.3 Å². The molecule has 0 bridgehead atoms. The van der Waals surface area contributed by atoms with Gasteiger partial charge in [0.05, 0.1) is 13.1 Å². The third kappa shape index (κ3) is 5.60. The van der Waals surface area contributed by atoms with Crippen LogP contribution in [0.1, 0.15) is 12.8 Å². The predicted molar refractivity (Wildman–Crippen MR) is 74.5 cm³/mol. The Bertz CT molecular complexity index is 446. The van der Waals surface area contributed by atoms with Gasteiger partial charge in [-0.05, 0) is 25.0 Å². The van der Waals surface area contributed by atoms with Crippen molar-refractivity contribution in [3.8, 4) is 5.75 Å². The van der Waals surface area contributed by atoms with E-state index in [-0.39, 0.29) is 18.5 Å². The van der Waals surface area contributed by atoms with Crippen LogP contribution in [0.2, 0.25) is 0 Å². The van der Waals surface area contributed by atoms with Crippen LogP contribution >= 0.6 is 0 Å². The first-order chi connectivity index (χ1) is 9.74. The van der Waals surface area contributed by atoms with E-state index in [0.29, 0.717) is 19.2 Å². The molecule has 1 saturated carbocycles. The molecule has 3 amide bonds. The van der Waals surface area contributed by atoms with Crippen LogP contribution in [0.4, 0.5) is 4.79 Å². The zero-order valence-electron chi connectivity index (χ0n) is 11.2. The Kier molecular flexibility index (Phi) is 5.23. The highest BCUT2D eigenvalue weighted by Gasteiger charge is 2.22. The predicted octanol–water partition coefficient (Wildman–Crippen LogP) is 0.643. The lowest BCUT2D eigenvalue weighted by molar-refractivity contribution is -0.120. The molecule has 1 aromatic rings. The number of urea groups is 1. The van der Waals surface area contributed by atoms with Gasteiger partial charge in [0.25, 0.3) is 0 Å². The SMILES string of the molecule is O=C(CNC(=O)NCCOc1ccccc1)NC1CC1. The minimum absolute atomic E-state index is 0.00186. The van der Waals surface area contributed by atoms with Crippen molar-refractivity contribution in [1.82, 2.24) is 16.0 Å². The van der Waals surface area contributed by atoms with Crippen molar-refractivity contribution in [1.29, 1.82) is 0 Å². The van der Waals surface area contributed by atoms with Gasteiger partial charge in [-0.3, -0.25) is 4.79 Å². The van der Waals surface area contributed by atoms with E-state index < -0.39 is 0 Å². The van der Waals surface area contributed by atoms with Crippen LogP contribution in [0.3, 0.4) is 0 Å². The molecule has 0 radical (unpaired) electrons. The lowest BCUT2D eigenvalue weighted by Gasteiger charge is -2.09. The summed E-state index contributed by atoms with van der Waals surface area (Å²) in [4.78, 5) is 22.7. The van der Waals surface area contributed by atoms with Gasteiger partial charge in [0, 0.05) is 6.04 Å². The van der Waals surface area contributed by atoms with Gasteiger partial charge in [-0.25, -0.2) is 4.79 Å². The minimum atomic E-state index is -0.368. The number of rotatable bonds is 7. The summed E-state index contributed by atoms with van der Waals surface area (Å²) in [5.74, 6) is 0.613. The van der Waals surface area contributed by atoms with E-state index in [0.717, 1.165) is 18.6 Å². The monoisotopic (exact) mass is 277 g/mol. The summed E-state index contributed by atoms with van der Waals surface area (Å²) in [6.07, 6.45) is 2.07. The van der Waals surface area contributed by atoms with Crippen LogP contribution < -0.4 is 20.7 Å². The van der Waals surface area contributed by atoms with Crippen LogP contribution in [0.5, 0.6) is 5.75 Å². The number of nitrogens with one attached hydrogen (secondary N) is 3. The van der Waals surface area contributed by atoms with Gasteiger partial charge in [-0.2, -0.15) is 0 Å². The van der Waals surface area contributed by atoms with E-state index in [1.54, 1.807) is 0 Å². The standard InChI is InChI=1S/C14H19N3O3/c18-13(17-11-6-7-11)10-16-14(19)15-8-9-20-12-4-2-1-3-5-12/h1-5,11H,6-10H2,(H,17,18)(H2,15,16,19). The Morgan fingerprint density at radius 3 is 2.60 bits per heavy atom. The Hall–Kier alpha value is -2.24. The Labute approximate surface area is 117 Å². The van der Waals surface area contributed by atoms with E-state index in [1.165, 1.54) is 0 Å². The van der Waals surface area contributed by atoms with Crippen molar-refractivity contribution in [2.24, 2.45) is 0 Å². The molecule has 0 saturated heterocycles. The molecule has 1 fully saturated rings. The molecule has 1 aliphatic carbocycles. The first-order valence-electron chi connectivity index (χ1n) is 6.73. The summed E-state index contributed by atoms with van der Waals surface area (Å²) in [6, 6.07) is 9.32. The topological polar surface area (TPSA) is 79.5 Å². The second-order valence-electron chi connectivity index (χ2n) is 4.61. The zero-order chi connectivity index (χ0) is 14.2. The molecule has 6 heteroatoms. The largest absolute Gasteiger partial charge is 0.492 e. The van der Waals surface area contributed by atoms with E-state index in [9.17, 15) is 9.59 Å². The Balaban J connectivity index is 1.50. The number of hydrogen-bond donors (Lipinski definition) is 3. The van der Waals surface area contributed by atoms with Crippen LogP contribution in [0.15, 0.2) is 30.3 Å². The maximum Gasteiger partial charge on any atom is 0.315 e. The summed E-state index contributed by atoms with van der Waals surface area (Å²) in [5.41, 5.74) is 0. The quantitative estimate of drug-likeness (QED) is 0.640. The molecule has 0 aliphatic heterocycles. The van der Waals surface area contributed by atoms with Crippen LogP contribution in [0, 0.1) is 0 Å². The smallest absolute Gasteiger partial charge is 0.315 e. The molecule has 1 aliphatic rings. The van der Waals surface area contributed by atoms with Crippen molar-refractivity contribution in [2.75, 3.05) is 19.7 Å². The molecule has 1 aromatic carbocycles. The molecule has 3 N–H and O–H groups in total. The van der Waals surface area contributed by atoms with Crippen molar-refractivity contribution in [3.05, 3.63) is 30.3 Å². The lowest BCUT2D eigenvalue weighted by atomic mass is 10.3. The van der Waals surface area contributed by atoms with E-state index >= 15 is 0 Å². The molecule has 0 aromatic heterocycles. The highest BCUT2D eigenvalue weighted by atomic mass is 16.5.